The van der Waals surface area contributed by atoms with Crippen molar-refractivity contribution in [2.24, 2.45) is 0 Å². The predicted molar refractivity (Wildman–Crippen MR) is 104 cm³/mol. The van der Waals surface area contributed by atoms with Crippen molar-refractivity contribution in [1.82, 2.24) is 19.6 Å². The summed E-state index contributed by atoms with van der Waals surface area (Å²) in [5.74, 6) is -0.389. The van der Waals surface area contributed by atoms with Crippen molar-refractivity contribution in [3.8, 4) is 0 Å². The Balaban J connectivity index is 1.67. The van der Waals surface area contributed by atoms with Gasteiger partial charge >= 0.3 is 6.03 Å². The fraction of sp³-hybridized carbons (Fsp3) is 0.200. The van der Waals surface area contributed by atoms with Gasteiger partial charge in [0.05, 0.1) is 17.3 Å². The fourth-order valence-electron chi connectivity index (χ4n) is 3.29. The van der Waals surface area contributed by atoms with Gasteiger partial charge in [0.25, 0.3) is 11.5 Å². The maximum Gasteiger partial charge on any atom is 0.325 e. The zero-order valence-corrected chi connectivity index (χ0v) is 16.0. The van der Waals surface area contributed by atoms with Crippen molar-refractivity contribution in [2.45, 2.75) is 25.9 Å². The highest BCUT2D eigenvalue weighted by Gasteiger charge is 2.49. The molecule has 0 spiro atoms. The van der Waals surface area contributed by atoms with Crippen molar-refractivity contribution in [2.75, 3.05) is 0 Å². The van der Waals surface area contributed by atoms with Gasteiger partial charge in [0.2, 0.25) is 0 Å². The molecule has 1 aliphatic rings. The number of amides is 3. The average molecular weight is 397 g/mol. The molecule has 8 heteroatoms. The minimum atomic E-state index is -1.16. The third-order valence-corrected chi connectivity index (χ3v) is 5.12. The number of nitrogens with zero attached hydrogens (tertiary/aromatic N) is 3. The SMILES string of the molecule is Cc1ccc(C2(C)NC(=O)N(Cc3cc(=O)n4cc(Cl)ccc4n3)C2=O)cc1. The number of rotatable bonds is 3. The summed E-state index contributed by atoms with van der Waals surface area (Å²) in [7, 11) is 0. The topological polar surface area (TPSA) is 83.8 Å². The fourth-order valence-corrected chi connectivity index (χ4v) is 3.45. The van der Waals surface area contributed by atoms with Gasteiger partial charge in [-0.1, -0.05) is 41.4 Å². The zero-order chi connectivity index (χ0) is 20.1. The molecule has 1 saturated heterocycles. The van der Waals surface area contributed by atoms with Crippen LogP contribution in [0.2, 0.25) is 5.02 Å². The molecule has 3 heterocycles. The summed E-state index contributed by atoms with van der Waals surface area (Å²) in [4.78, 5) is 43.3. The lowest BCUT2D eigenvalue weighted by Gasteiger charge is -2.22. The van der Waals surface area contributed by atoms with Crippen LogP contribution in [0.25, 0.3) is 5.65 Å². The van der Waals surface area contributed by atoms with Crippen LogP contribution in [0.3, 0.4) is 0 Å². The van der Waals surface area contributed by atoms with Gasteiger partial charge < -0.3 is 5.32 Å². The van der Waals surface area contributed by atoms with Crippen molar-refractivity contribution < 1.29 is 9.59 Å². The first-order valence-electron chi connectivity index (χ1n) is 8.67. The summed E-state index contributed by atoms with van der Waals surface area (Å²) in [6.07, 6.45) is 1.47. The Labute approximate surface area is 165 Å². The lowest BCUT2D eigenvalue weighted by Crippen LogP contribution is -2.40. The minimum Gasteiger partial charge on any atom is -0.319 e. The van der Waals surface area contributed by atoms with E-state index < -0.39 is 11.6 Å². The zero-order valence-electron chi connectivity index (χ0n) is 15.3. The number of benzene rings is 1. The van der Waals surface area contributed by atoms with Crippen molar-refractivity contribution in [1.29, 1.82) is 0 Å². The number of imide groups is 1. The summed E-state index contributed by atoms with van der Waals surface area (Å²) in [5.41, 5.74) is 0.964. The van der Waals surface area contributed by atoms with Gasteiger partial charge in [-0.2, -0.15) is 0 Å². The maximum absolute atomic E-state index is 13.0. The lowest BCUT2D eigenvalue weighted by atomic mass is 9.91. The number of aryl methyl sites for hydroxylation is 1. The molecule has 1 unspecified atom stereocenters. The Kier molecular flexibility index (Phi) is 4.19. The van der Waals surface area contributed by atoms with Crippen LogP contribution in [0.4, 0.5) is 4.79 Å². The summed E-state index contributed by atoms with van der Waals surface area (Å²) in [6, 6.07) is 11.4. The van der Waals surface area contributed by atoms with Gasteiger partial charge in [-0.15, -0.1) is 0 Å². The lowest BCUT2D eigenvalue weighted by molar-refractivity contribution is -0.131. The van der Waals surface area contributed by atoms with Gasteiger partial charge in [0, 0.05) is 12.3 Å². The van der Waals surface area contributed by atoms with E-state index in [0.717, 1.165) is 10.5 Å². The van der Waals surface area contributed by atoms with E-state index in [-0.39, 0.29) is 18.0 Å². The first kappa shape index (κ1) is 18.2. The standard InChI is InChI=1S/C20H17ClN4O3/c1-12-3-5-13(6-4-12)20(2)18(27)25(19(28)23-20)11-15-9-17(26)24-10-14(21)7-8-16(24)22-15/h3-10H,11H2,1-2H3,(H,23,28). The number of carbonyl (C=O) groups is 2. The van der Waals surface area contributed by atoms with Gasteiger partial charge in [-0.05, 0) is 31.5 Å². The predicted octanol–water partition coefficient (Wildman–Crippen LogP) is 2.62. The van der Waals surface area contributed by atoms with Crippen LogP contribution in [-0.2, 0) is 16.9 Å². The summed E-state index contributed by atoms with van der Waals surface area (Å²) < 4.78 is 1.31. The average Bonchev–Trinajstić information content (AvgIpc) is 2.87. The van der Waals surface area contributed by atoms with E-state index in [4.69, 9.17) is 11.6 Å². The molecule has 1 aliphatic heterocycles. The third kappa shape index (κ3) is 2.93. The molecule has 2 aromatic heterocycles. The molecule has 1 atom stereocenters. The second-order valence-corrected chi connectivity index (χ2v) is 7.41. The third-order valence-electron chi connectivity index (χ3n) is 4.90. The Morgan fingerprint density at radius 1 is 1.11 bits per heavy atom. The number of halogens is 1. The molecular formula is C20H17ClN4O3. The van der Waals surface area contributed by atoms with E-state index in [1.54, 1.807) is 19.1 Å². The molecule has 0 saturated carbocycles. The van der Waals surface area contributed by atoms with Crippen LogP contribution >= 0.6 is 11.6 Å². The van der Waals surface area contributed by atoms with E-state index in [9.17, 15) is 14.4 Å². The Morgan fingerprint density at radius 3 is 2.54 bits per heavy atom. The normalized spacial score (nSPS) is 19.3. The molecule has 3 aromatic rings. The van der Waals surface area contributed by atoms with Crippen LogP contribution in [-0.4, -0.2) is 26.2 Å². The van der Waals surface area contributed by atoms with Crippen LogP contribution in [0.5, 0.6) is 0 Å². The number of hydrogen-bond acceptors (Lipinski definition) is 4. The molecule has 142 valence electrons. The molecule has 0 radical (unpaired) electrons. The number of nitrogens with one attached hydrogen (secondary N) is 1. The molecule has 3 amide bonds. The van der Waals surface area contributed by atoms with Gasteiger partial charge in [-0.3, -0.25) is 18.9 Å². The molecule has 1 aromatic carbocycles. The first-order valence-corrected chi connectivity index (χ1v) is 9.05. The Hall–Kier alpha value is -3.19. The van der Waals surface area contributed by atoms with Crippen LogP contribution in [0.15, 0.2) is 53.5 Å². The number of carbonyl (C=O) groups excluding carboxylic acids is 2. The number of fused-ring (bicyclic) bond motifs is 1. The van der Waals surface area contributed by atoms with Crippen molar-refractivity contribution in [3.63, 3.8) is 0 Å². The molecule has 7 nitrogen and oxygen atoms in total. The largest absolute Gasteiger partial charge is 0.325 e. The highest BCUT2D eigenvalue weighted by atomic mass is 35.5. The maximum atomic E-state index is 13.0. The monoisotopic (exact) mass is 396 g/mol. The highest BCUT2D eigenvalue weighted by molar-refractivity contribution is 6.30. The van der Waals surface area contributed by atoms with Crippen LogP contribution in [0.1, 0.15) is 23.7 Å². The number of aromatic nitrogens is 2. The first-order chi connectivity index (χ1) is 13.3. The van der Waals surface area contributed by atoms with Crippen molar-refractivity contribution in [3.05, 3.63) is 80.9 Å². The summed E-state index contributed by atoms with van der Waals surface area (Å²) >= 11 is 5.91. The van der Waals surface area contributed by atoms with E-state index in [0.29, 0.717) is 21.9 Å². The Bertz CT molecular complexity index is 1170. The molecule has 28 heavy (non-hydrogen) atoms. The molecule has 0 bridgehead atoms. The van der Waals surface area contributed by atoms with Gasteiger partial charge in [0.15, 0.2) is 0 Å². The van der Waals surface area contributed by atoms with Gasteiger partial charge in [-0.25, -0.2) is 9.78 Å². The summed E-state index contributed by atoms with van der Waals surface area (Å²) in [6.45, 7) is 3.52. The molecule has 4 rings (SSSR count). The summed E-state index contributed by atoms with van der Waals surface area (Å²) in [5, 5.41) is 3.16. The molecule has 1 N–H and O–H groups in total. The molecule has 0 aliphatic carbocycles. The second kappa shape index (κ2) is 6.45. The number of urea groups is 1. The van der Waals surface area contributed by atoms with Crippen LogP contribution in [0, 0.1) is 6.92 Å². The van der Waals surface area contributed by atoms with E-state index >= 15 is 0 Å². The van der Waals surface area contributed by atoms with Crippen molar-refractivity contribution >= 4 is 29.2 Å². The van der Waals surface area contributed by atoms with Crippen LogP contribution < -0.4 is 10.9 Å². The van der Waals surface area contributed by atoms with E-state index in [1.165, 1.54) is 16.7 Å². The van der Waals surface area contributed by atoms with E-state index in [2.05, 4.69) is 10.3 Å². The highest BCUT2D eigenvalue weighted by Crippen LogP contribution is 2.29. The Morgan fingerprint density at radius 2 is 1.82 bits per heavy atom. The molecule has 1 fully saturated rings. The quantitative estimate of drug-likeness (QED) is 0.690. The smallest absolute Gasteiger partial charge is 0.319 e. The van der Waals surface area contributed by atoms with E-state index in [1.807, 2.05) is 31.2 Å². The number of pyridine rings is 1. The number of hydrogen-bond donors (Lipinski definition) is 1. The molecular weight excluding hydrogens is 380 g/mol. The van der Waals surface area contributed by atoms with Gasteiger partial charge in [0.1, 0.15) is 11.2 Å². The second-order valence-electron chi connectivity index (χ2n) is 6.97. The minimum absolute atomic E-state index is 0.0967.